The first-order chi connectivity index (χ1) is 13.4. The topological polar surface area (TPSA) is 92.8 Å². The fourth-order valence-electron chi connectivity index (χ4n) is 4.63. The lowest BCUT2D eigenvalue weighted by Crippen LogP contribution is -2.38. The second-order valence-corrected chi connectivity index (χ2v) is 7.74. The summed E-state index contributed by atoms with van der Waals surface area (Å²) in [5.74, 6) is -2.34. The van der Waals surface area contributed by atoms with Crippen LogP contribution in [0.4, 0.5) is 5.69 Å². The lowest BCUT2D eigenvalue weighted by atomic mass is 9.85. The van der Waals surface area contributed by atoms with Crippen molar-refractivity contribution in [2.45, 2.75) is 20.3 Å². The van der Waals surface area contributed by atoms with Gasteiger partial charge in [0.1, 0.15) is 6.54 Å². The minimum atomic E-state index is -0.765. The highest BCUT2D eigenvalue weighted by atomic mass is 16.5. The molecule has 1 saturated carbocycles. The molecule has 7 nitrogen and oxygen atoms in total. The van der Waals surface area contributed by atoms with Gasteiger partial charge < -0.3 is 10.1 Å². The molecule has 1 aromatic carbocycles. The molecule has 146 valence electrons. The van der Waals surface area contributed by atoms with Crippen LogP contribution in [0, 0.1) is 37.5 Å². The van der Waals surface area contributed by atoms with Crippen LogP contribution in [-0.2, 0) is 23.9 Å². The molecule has 2 fully saturated rings. The summed E-state index contributed by atoms with van der Waals surface area (Å²) >= 11 is 0. The largest absolute Gasteiger partial charge is 0.454 e. The van der Waals surface area contributed by atoms with Gasteiger partial charge in [0, 0.05) is 5.69 Å². The van der Waals surface area contributed by atoms with Crippen molar-refractivity contribution in [2.24, 2.45) is 23.7 Å². The third-order valence-electron chi connectivity index (χ3n) is 5.96. The van der Waals surface area contributed by atoms with E-state index in [1.807, 2.05) is 44.2 Å². The van der Waals surface area contributed by atoms with Gasteiger partial charge in [-0.05, 0) is 43.2 Å². The Hall–Kier alpha value is -2.96. The van der Waals surface area contributed by atoms with Crippen molar-refractivity contribution in [3.63, 3.8) is 0 Å². The Kier molecular flexibility index (Phi) is 4.53. The molecule has 1 aliphatic heterocycles. The smallest absolute Gasteiger partial charge is 0.326 e. The summed E-state index contributed by atoms with van der Waals surface area (Å²) in [4.78, 5) is 50.3. The molecule has 3 aliphatic rings. The molecule has 3 amide bonds. The van der Waals surface area contributed by atoms with Gasteiger partial charge in [-0.25, -0.2) is 0 Å². The number of hydrogen-bond donors (Lipinski definition) is 1. The number of likely N-dealkylation sites (tertiary alicyclic amines) is 1. The van der Waals surface area contributed by atoms with Gasteiger partial charge in [-0.2, -0.15) is 0 Å². The third-order valence-corrected chi connectivity index (χ3v) is 5.96. The average Bonchev–Trinajstić information content (AvgIpc) is 3.33. The van der Waals surface area contributed by atoms with Crippen LogP contribution in [0.5, 0.6) is 0 Å². The van der Waals surface area contributed by atoms with E-state index < -0.39 is 25.0 Å². The van der Waals surface area contributed by atoms with Crippen LogP contribution in [-0.4, -0.2) is 41.7 Å². The predicted molar refractivity (Wildman–Crippen MR) is 99.9 cm³/mol. The van der Waals surface area contributed by atoms with Crippen molar-refractivity contribution < 1.29 is 23.9 Å². The fraction of sp³-hybridized carbons (Fsp3) is 0.429. The number of fused-ring (bicyclic) bond motifs is 5. The van der Waals surface area contributed by atoms with Crippen LogP contribution in [0.3, 0.4) is 0 Å². The molecule has 4 atom stereocenters. The van der Waals surface area contributed by atoms with Crippen LogP contribution >= 0.6 is 0 Å². The number of aryl methyl sites for hydroxylation is 2. The summed E-state index contributed by atoms with van der Waals surface area (Å²) in [7, 11) is 0. The zero-order chi connectivity index (χ0) is 20.0. The molecule has 2 aliphatic carbocycles. The zero-order valence-corrected chi connectivity index (χ0v) is 15.8. The van der Waals surface area contributed by atoms with Gasteiger partial charge >= 0.3 is 5.97 Å². The zero-order valence-electron chi connectivity index (χ0n) is 15.8. The monoisotopic (exact) mass is 382 g/mol. The number of ether oxygens (including phenoxy) is 1. The molecular formula is C21H22N2O5. The first kappa shape index (κ1) is 18.4. The molecule has 0 spiro atoms. The van der Waals surface area contributed by atoms with Gasteiger partial charge in [0.05, 0.1) is 11.8 Å². The van der Waals surface area contributed by atoms with Crippen LogP contribution < -0.4 is 5.32 Å². The summed E-state index contributed by atoms with van der Waals surface area (Å²) in [6, 6.07) is 5.64. The maximum atomic E-state index is 12.6. The molecule has 4 rings (SSSR count). The standard InChI is InChI=1S/C21H22N2O5/c1-11-4-3-5-12(2)19(11)22-15(24)10-28-16(25)9-23-20(26)17-13-6-7-14(8-13)18(17)21(23)27/h3-7,13-14,17-18H,8-10H2,1-2H3,(H,22,24)/t13-,14-,17+,18+/m1/s1. The minimum absolute atomic E-state index is 0.0931. The molecule has 0 aromatic heterocycles. The quantitative estimate of drug-likeness (QED) is 0.474. The molecule has 2 bridgehead atoms. The van der Waals surface area contributed by atoms with Gasteiger partial charge in [0.2, 0.25) is 11.8 Å². The van der Waals surface area contributed by atoms with Gasteiger partial charge in [-0.15, -0.1) is 0 Å². The predicted octanol–water partition coefficient (Wildman–Crippen LogP) is 1.59. The van der Waals surface area contributed by atoms with Gasteiger partial charge in [0.25, 0.3) is 5.91 Å². The van der Waals surface area contributed by atoms with Crippen molar-refractivity contribution in [3.05, 3.63) is 41.5 Å². The number of esters is 1. The number of rotatable bonds is 5. The van der Waals surface area contributed by atoms with E-state index in [4.69, 9.17) is 4.74 Å². The van der Waals surface area contributed by atoms with E-state index in [0.29, 0.717) is 5.69 Å². The van der Waals surface area contributed by atoms with Crippen molar-refractivity contribution in [1.82, 2.24) is 4.90 Å². The number of imide groups is 1. The third kappa shape index (κ3) is 3.00. The number of hydrogen-bond acceptors (Lipinski definition) is 5. The van der Waals surface area contributed by atoms with E-state index >= 15 is 0 Å². The van der Waals surface area contributed by atoms with E-state index in [2.05, 4.69) is 5.32 Å². The highest BCUT2D eigenvalue weighted by Gasteiger charge is 2.59. The van der Waals surface area contributed by atoms with Crippen molar-refractivity contribution in [1.29, 1.82) is 0 Å². The van der Waals surface area contributed by atoms with Crippen LogP contribution in [0.2, 0.25) is 0 Å². The highest BCUT2D eigenvalue weighted by Crippen LogP contribution is 2.52. The van der Waals surface area contributed by atoms with Gasteiger partial charge in [0.15, 0.2) is 6.61 Å². The number of allylic oxidation sites excluding steroid dienone is 2. The van der Waals surface area contributed by atoms with E-state index in [0.717, 1.165) is 22.4 Å². The summed E-state index contributed by atoms with van der Waals surface area (Å²) in [6.45, 7) is 2.83. The van der Waals surface area contributed by atoms with E-state index in [1.165, 1.54) is 0 Å². The summed E-state index contributed by atoms with van der Waals surface area (Å²) in [5.41, 5.74) is 2.50. The van der Waals surface area contributed by atoms with Gasteiger partial charge in [-0.3, -0.25) is 24.1 Å². The Labute approximate surface area is 162 Å². The lowest BCUT2D eigenvalue weighted by molar-refractivity contribution is -0.154. The maximum Gasteiger partial charge on any atom is 0.326 e. The first-order valence-corrected chi connectivity index (χ1v) is 9.42. The fourth-order valence-corrected chi connectivity index (χ4v) is 4.63. The number of carbonyl (C=O) groups is 4. The highest BCUT2D eigenvalue weighted by molar-refractivity contribution is 6.08. The van der Waals surface area contributed by atoms with Crippen molar-refractivity contribution in [2.75, 3.05) is 18.5 Å². The minimum Gasteiger partial charge on any atom is -0.454 e. The normalized spacial score (nSPS) is 27.3. The summed E-state index contributed by atoms with van der Waals surface area (Å²) < 4.78 is 4.99. The number of nitrogens with one attached hydrogen (secondary N) is 1. The van der Waals surface area contributed by atoms with Crippen molar-refractivity contribution in [3.8, 4) is 0 Å². The molecule has 1 saturated heterocycles. The summed E-state index contributed by atoms with van der Waals surface area (Å²) in [5, 5.41) is 2.73. The Bertz CT molecular complexity index is 856. The second-order valence-electron chi connectivity index (χ2n) is 7.74. The number of carbonyl (C=O) groups excluding carboxylic acids is 4. The molecule has 1 N–H and O–H groups in total. The number of nitrogens with zero attached hydrogens (tertiary/aromatic N) is 1. The molecule has 1 aromatic rings. The molecule has 28 heavy (non-hydrogen) atoms. The number of para-hydroxylation sites is 1. The van der Waals surface area contributed by atoms with E-state index in [1.54, 1.807) is 0 Å². The molecular weight excluding hydrogens is 360 g/mol. The Balaban J connectivity index is 1.31. The van der Waals surface area contributed by atoms with E-state index in [9.17, 15) is 19.2 Å². The second kappa shape index (κ2) is 6.89. The lowest BCUT2D eigenvalue weighted by Gasteiger charge is -2.16. The van der Waals surface area contributed by atoms with Crippen molar-refractivity contribution >= 4 is 29.4 Å². The Morgan fingerprint density at radius 2 is 1.64 bits per heavy atom. The Morgan fingerprint density at radius 1 is 1.07 bits per heavy atom. The molecule has 1 heterocycles. The Morgan fingerprint density at radius 3 is 2.21 bits per heavy atom. The van der Waals surface area contributed by atoms with Crippen LogP contribution in [0.15, 0.2) is 30.4 Å². The first-order valence-electron chi connectivity index (χ1n) is 9.42. The van der Waals surface area contributed by atoms with Gasteiger partial charge in [-0.1, -0.05) is 30.4 Å². The number of anilines is 1. The number of amides is 3. The molecule has 7 heteroatoms. The van der Waals surface area contributed by atoms with Crippen LogP contribution in [0.1, 0.15) is 17.5 Å². The summed E-state index contributed by atoms with van der Waals surface area (Å²) in [6.07, 6.45) is 4.83. The molecule has 0 unspecified atom stereocenters. The SMILES string of the molecule is Cc1cccc(C)c1NC(=O)COC(=O)CN1C(=O)[C@@H]2[C@@H](C1=O)[C@@H]1C=C[C@@H]2C1. The average molecular weight is 382 g/mol. The molecule has 0 radical (unpaired) electrons. The van der Waals surface area contributed by atoms with Crippen LogP contribution in [0.25, 0.3) is 0 Å². The maximum absolute atomic E-state index is 12.6. The van der Waals surface area contributed by atoms with E-state index in [-0.39, 0.29) is 35.5 Å². The number of benzene rings is 1.